The first-order chi connectivity index (χ1) is 5.87. The number of nitrogens with zero attached hydrogens (tertiary/aromatic N) is 2. The summed E-state index contributed by atoms with van der Waals surface area (Å²) in [6, 6.07) is 2.29. The summed E-state index contributed by atoms with van der Waals surface area (Å²) in [5.74, 6) is 0. The van der Waals surface area contributed by atoms with Crippen LogP contribution in [0.15, 0.2) is 0 Å². The van der Waals surface area contributed by atoms with E-state index in [4.69, 9.17) is 5.26 Å². The summed E-state index contributed by atoms with van der Waals surface area (Å²) in [4.78, 5) is 2.42. The van der Waals surface area contributed by atoms with Crippen molar-refractivity contribution in [3.8, 4) is 6.07 Å². The van der Waals surface area contributed by atoms with Gasteiger partial charge in [0, 0.05) is 5.54 Å². The van der Waals surface area contributed by atoms with Gasteiger partial charge >= 0.3 is 0 Å². The molecule has 1 saturated carbocycles. The highest BCUT2D eigenvalue weighted by atomic mass is 15.2. The Morgan fingerprint density at radius 1 is 1.17 bits per heavy atom. The topological polar surface area (TPSA) is 27.0 Å². The standard InChI is InChI=1S/C10H16N2/c11-7-9-12-8-3-6-10(12)4-1-2-5-10/h1-6,8-9H2. The Balaban J connectivity index is 2.07. The van der Waals surface area contributed by atoms with Crippen LogP contribution in [0.3, 0.4) is 0 Å². The van der Waals surface area contributed by atoms with Crippen molar-refractivity contribution >= 4 is 0 Å². The van der Waals surface area contributed by atoms with Crippen molar-refractivity contribution < 1.29 is 0 Å². The molecule has 1 aliphatic carbocycles. The molecule has 0 radical (unpaired) electrons. The Morgan fingerprint density at radius 2 is 1.83 bits per heavy atom. The lowest BCUT2D eigenvalue weighted by molar-refractivity contribution is 0.162. The fourth-order valence-electron chi connectivity index (χ4n) is 2.93. The summed E-state index contributed by atoms with van der Waals surface area (Å²) in [6.07, 6.45) is 8.09. The first-order valence-electron chi connectivity index (χ1n) is 4.99. The summed E-state index contributed by atoms with van der Waals surface area (Å²) in [5.41, 5.74) is 0.468. The number of rotatable bonds is 1. The van der Waals surface area contributed by atoms with Crippen LogP contribution in [0.2, 0.25) is 0 Å². The van der Waals surface area contributed by atoms with Gasteiger partial charge in [-0.3, -0.25) is 4.90 Å². The first-order valence-corrected chi connectivity index (χ1v) is 4.99. The first kappa shape index (κ1) is 8.07. The van der Waals surface area contributed by atoms with Crippen LogP contribution >= 0.6 is 0 Å². The van der Waals surface area contributed by atoms with E-state index in [1.807, 2.05) is 0 Å². The van der Waals surface area contributed by atoms with Crippen molar-refractivity contribution in [2.24, 2.45) is 0 Å². The maximum atomic E-state index is 8.68. The molecule has 12 heavy (non-hydrogen) atoms. The fourth-order valence-corrected chi connectivity index (χ4v) is 2.93. The van der Waals surface area contributed by atoms with Crippen LogP contribution in [-0.2, 0) is 0 Å². The lowest BCUT2D eigenvalue weighted by atomic mass is 9.94. The smallest absolute Gasteiger partial charge is 0.0870 e. The fraction of sp³-hybridized carbons (Fsp3) is 0.900. The molecule has 0 bridgehead atoms. The van der Waals surface area contributed by atoms with Crippen molar-refractivity contribution in [2.75, 3.05) is 13.1 Å². The van der Waals surface area contributed by atoms with E-state index in [2.05, 4.69) is 11.0 Å². The Hall–Kier alpha value is -0.550. The number of likely N-dealkylation sites (tertiary alicyclic amines) is 1. The van der Waals surface area contributed by atoms with E-state index in [1.165, 1.54) is 38.5 Å². The molecular formula is C10H16N2. The molecule has 0 amide bonds. The molecule has 0 N–H and O–H groups in total. The highest BCUT2D eigenvalue weighted by Gasteiger charge is 2.42. The van der Waals surface area contributed by atoms with Crippen molar-refractivity contribution in [1.29, 1.82) is 5.26 Å². The van der Waals surface area contributed by atoms with Gasteiger partial charge in [-0.15, -0.1) is 0 Å². The molecular weight excluding hydrogens is 148 g/mol. The third kappa shape index (κ3) is 1.13. The summed E-state index contributed by atoms with van der Waals surface area (Å²) >= 11 is 0. The largest absolute Gasteiger partial charge is 0.285 e. The lowest BCUT2D eigenvalue weighted by Crippen LogP contribution is -2.41. The average Bonchev–Trinajstić information content (AvgIpc) is 2.66. The molecule has 0 unspecified atom stereocenters. The van der Waals surface area contributed by atoms with E-state index in [-0.39, 0.29) is 0 Å². The van der Waals surface area contributed by atoms with E-state index in [0.717, 1.165) is 6.54 Å². The molecule has 2 nitrogen and oxygen atoms in total. The maximum absolute atomic E-state index is 8.68. The van der Waals surface area contributed by atoms with E-state index in [9.17, 15) is 0 Å². The van der Waals surface area contributed by atoms with E-state index in [1.54, 1.807) is 0 Å². The Kier molecular flexibility index (Phi) is 2.06. The van der Waals surface area contributed by atoms with Gasteiger partial charge in [0.2, 0.25) is 0 Å². The van der Waals surface area contributed by atoms with Gasteiger partial charge < -0.3 is 0 Å². The van der Waals surface area contributed by atoms with Crippen LogP contribution in [0, 0.1) is 11.3 Å². The monoisotopic (exact) mass is 164 g/mol. The molecule has 1 heterocycles. The Bertz CT molecular complexity index is 193. The molecule has 0 aromatic carbocycles. The zero-order valence-electron chi connectivity index (χ0n) is 7.55. The van der Waals surface area contributed by atoms with E-state index >= 15 is 0 Å². The Labute approximate surface area is 74.2 Å². The van der Waals surface area contributed by atoms with Crippen molar-refractivity contribution in [2.45, 2.75) is 44.1 Å². The molecule has 0 aromatic heterocycles. The summed E-state index contributed by atoms with van der Waals surface area (Å²) in [5, 5.41) is 8.68. The second-order valence-corrected chi connectivity index (χ2v) is 4.11. The van der Waals surface area contributed by atoms with Gasteiger partial charge in [-0.1, -0.05) is 12.8 Å². The minimum absolute atomic E-state index is 0.468. The van der Waals surface area contributed by atoms with Crippen LogP contribution in [-0.4, -0.2) is 23.5 Å². The zero-order valence-corrected chi connectivity index (χ0v) is 7.55. The summed E-state index contributed by atoms with van der Waals surface area (Å²) in [6.45, 7) is 1.81. The minimum Gasteiger partial charge on any atom is -0.285 e. The molecule has 1 spiro atoms. The van der Waals surface area contributed by atoms with Gasteiger partial charge in [-0.25, -0.2) is 0 Å². The predicted molar refractivity (Wildman–Crippen MR) is 47.6 cm³/mol. The highest BCUT2D eigenvalue weighted by Crippen LogP contribution is 2.42. The molecule has 66 valence electrons. The minimum atomic E-state index is 0.468. The Morgan fingerprint density at radius 3 is 2.50 bits per heavy atom. The molecule has 0 aromatic rings. The van der Waals surface area contributed by atoms with Gasteiger partial charge in [0.15, 0.2) is 0 Å². The van der Waals surface area contributed by atoms with Crippen molar-refractivity contribution in [1.82, 2.24) is 4.90 Å². The average molecular weight is 164 g/mol. The maximum Gasteiger partial charge on any atom is 0.0870 e. The number of nitriles is 1. The molecule has 0 atom stereocenters. The van der Waals surface area contributed by atoms with Gasteiger partial charge in [0.05, 0.1) is 12.6 Å². The third-order valence-electron chi connectivity index (χ3n) is 3.54. The molecule has 1 saturated heterocycles. The van der Waals surface area contributed by atoms with E-state index in [0.29, 0.717) is 12.1 Å². The lowest BCUT2D eigenvalue weighted by Gasteiger charge is -2.33. The van der Waals surface area contributed by atoms with Crippen LogP contribution in [0.4, 0.5) is 0 Å². The molecule has 2 fully saturated rings. The molecule has 2 heteroatoms. The summed E-state index contributed by atoms with van der Waals surface area (Å²) in [7, 11) is 0. The van der Waals surface area contributed by atoms with Gasteiger partial charge in [-0.2, -0.15) is 5.26 Å². The zero-order chi connectivity index (χ0) is 8.44. The van der Waals surface area contributed by atoms with Crippen molar-refractivity contribution in [3.63, 3.8) is 0 Å². The molecule has 2 aliphatic rings. The number of hydrogen-bond acceptors (Lipinski definition) is 2. The second kappa shape index (κ2) is 3.06. The molecule has 1 aliphatic heterocycles. The highest BCUT2D eigenvalue weighted by molar-refractivity contribution is 5.01. The predicted octanol–water partition coefficient (Wildman–Crippen LogP) is 1.92. The van der Waals surface area contributed by atoms with Crippen LogP contribution in [0.1, 0.15) is 38.5 Å². The quantitative estimate of drug-likeness (QED) is 0.554. The van der Waals surface area contributed by atoms with E-state index < -0.39 is 0 Å². The van der Waals surface area contributed by atoms with Gasteiger partial charge in [0.1, 0.15) is 0 Å². The third-order valence-corrected chi connectivity index (χ3v) is 3.54. The van der Waals surface area contributed by atoms with Gasteiger partial charge in [-0.05, 0) is 32.2 Å². The SMILES string of the molecule is N#CCN1CCCC12CCCC2. The van der Waals surface area contributed by atoms with Crippen molar-refractivity contribution in [3.05, 3.63) is 0 Å². The second-order valence-electron chi connectivity index (χ2n) is 4.11. The van der Waals surface area contributed by atoms with Crippen LogP contribution in [0.5, 0.6) is 0 Å². The number of hydrogen-bond donors (Lipinski definition) is 0. The summed E-state index contributed by atoms with van der Waals surface area (Å²) < 4.78 is 0. The van der Waals surface area contributed by atoms with Crippen LogP contribution in [0.25, 0.3) is 0 Å². The normalized spacial score (nSPS) is 27.9. The van der Waals surface area contributed by atoms with Gasteiger partial charge in [0.25, 0.3) is 0 Å². The van der Waals surface area contributed by atoms with Crippen LogP contribution < -0.4 is 0 Å². The molecule has 2 rings (SSSR count).